The normalized spacial score (nSPS) is 20.5. The second-order valence-electron chi connectivity index (χ2n) is 6.72. The Bertz CT molecular complexity index is 539. The maximum absolute atomic E-state index is 12.2. The fourth-order valence-corrected chi connectivity index (χ4v) is 3.71. The highest BCUT2D eigenvalue weighted by molar-refractivity contribution is 5.94. The first kappa shape index (κ1) is 15.1. The third-order valence-corrected chi connectivity index (χ3v) is 5.13. The van der Waals surface area contributed by atoms with Crippen LogP contribution in [-0.4, -0.2) is 35.8 Å². The number of rotatable bonds is 3. The molecular weight excluding hydrogens is 276 g/mol. The summed E-state index contributed by atoms with van der Waals surface area (Å²) in [5, 5.41) is 3.15. The first-order valence-corrected chi connectivity index (χ1v) is 8.26. The van der Waals surface area contributed by atoms with Crippen LogP contribution in [0, 0.1) is 5.41 Å². The van der Waals surface area contributed by atoms with Crippen LogP contribution < -0.4 is 5.32 Å². The topological polar surface area (TPSA) is 49.4 Å². The maximum Gasteiger partial charge on any atom is 0.251 e. The lowest BCUT2D eigenvalue weighted by Gasteiger charge is -2.53. The molecule has 0 atom stereocenters. The number of hydrogen-bond donors (Lipinski definition) is 1. The predicted octanol–water partition coefficient (Wildman–Crippen LogP) is 2.60. The Balaban J connectivity index is 1.47. The van der Waals surface area contributed by atoms with E-state index < -0.39 is 0 Å². The molecule has 1 aromatic carbocycles. The van der Waals surface area contributed by atoms with Gasteiger partial charge < -0.3 is 10.2 Å². The zero-order chi connectivity index (χ0) is 15.6. The van der Waals surface area contributed by atoms with Crippen molar-refractivity contribution in [1.82, 2.24) is 10.2 Å². The predicted molar refractivity (Wildman–Crippen MR) is 85.5 cm³/mol. The van der Waals surface area contributed by atoms with Crippen molar-refractivity contribution >= 4 is 11.8 Å². The molecule has 0 unspecified atom stereocenters. The van der Waals surface area contributed by atoms with Gasteiger partial charge in [-0.2, -0.15) is 0 Å². The van der Waals surface area contributed by atoms with E-state index in [4.69, 9.17) is 0 Å². The lowest BCUT2D eigenvalue weighted by molar-refractivity contribution is -0.145. The standard InChI is InChI=1S/C18H24N2O2/c1-2-16(21)20-12-18(13-20)10-8-15(9-11-18)19-17(22)14-6-4-3-5-7-14/h3-7,15H,2,8-13H2,1H3,(H,19,22). The number of benzene rings is 1. The van der Waals surface area contributed by atoms with Gasteiger partial charge in [-0.3, -0.25) is 9.59 Å². The van der Waals surface area contributed by atoms with E-state index in [1.807, 2.05) is 42.2 Å². The van der Waals surface area contributed by atoms with Crippen LogP contribution in [0.1, 0.15) is 49.4 Å². The molecule has 3 rings (SSSR count). The van der Waals surface area contributed by atoms with Crippen LogP contribution in [0.2, 0.25) is 0 Å². The molecule has 1 aliphatic carbocycles. The summed E-state index contributed by atoms with van der Waals surface area (Å²) in [5.74, 6) is 0.295. The molecule has 2 fully saturated rings. The van der Waals surface area contributed by atoms with Gasteiger partial charge in [-0.15, -0.1) is 0 Å². The molecule has 2 aliphatic rings. The molecule has 0 bridgehead atoms. The van der Waals surface area contributed by atoms with Crippen molar-refractivity contribution in [2.45, 2.75) is 45.1 Å². The third-order valence-electron chi connectivity index (χ3n) is 5.13. The van der Waals surface area contributed by atoms with Crippen LogP contribution in [-0.2, 0) is 4.79 Å². The van der Waals surface area contributed by atoms with Crippen molar-refractivity contribution in [3.05, 3.63) is 35.9 Å². The molecule has 0 radical (unpaired) electrons. The molecular formula is C18H24N2O2. The quantitative estimate of drug-likeness (QED) is 0.933. The van der Waals surface area contributed by atoms with Gasteiger partial charge in [0.05, 0.1) is 0 Å². The van der Waals surface area contributed by atoms with Gasteiger partial charge in [0, 0.05) is 36.5 Å². The van der Waals surface area contributed by atoms with Crippen molar-refractivity contribution in [2.24, 2.45) is 5.41 Å². The zero-order valence-electron chi connectivity index (χ0n) is 13.2. The molecule has 4 nitrogen and oxygen atoms in total. The van der Waals surface area contributed by atoms with Gasteiger partial charge in [0.2, 0.25) is 5.91 Å². The number of hydrogen-bond acceptors (Lipinski definition) is 2. The van der Waals surface area contributed by atoms with Crippen LogP contribution in [0.5, 0.6) is 0 Å². The molecule has 1 spiro atoms. The highest BCUT2D eigenvalue weighted by Crippen LogP contribution is 2.44. The Labute approximate surface area is 131 Å². The number of carbonyl (C=O) groups is 2. The van der Waals surface area contributed by atoms with E-state index in [1.54, 1.807) is 0 Å². The summed E-state index contributed by atoms with van der Waals surface area (Å²) in [6.07, 6.45) is 4.87. The Kier molecular flexibility index (Phi) is 4.19. The minimum absolute atomic E-state index is 0.0259. The van der Waals surface area contributed by atoms with Crippen molar-refractivity contribution in [2.75, 3.05) is 13.1 Å². The van der Waals surface area contributed by atoms with E-state index >= 15 is 0 Å². The fraction of sp³-hybridized carbons (Fsp3) is 0.556. The number of amides is 2. The molecule has 0 aromatic heterocycles. The summed E-state index contributed by atoms with van der Waals surface area (Å²) in [4.78, 5) is 25.8. The van der Waals surface area contributed by atoms with E-state index in [1.165, 1.54) is 0 Å². The molecule has 22 heavy (non-hydrogen) atoms. The largest absolute Gasteiger partial charge is 0.349 e. The highest BCUT2D eigenvalue weighted by Gasteiger charge is 2.46. The van der Waals surface area contributed by atoms with Gasteiger partial charge in [0.25, 0.3) is 5.91 Å². The first-order chi connectivity index (χ1) is 10.6. The van der Waals surface area contributed by atoms with Crippen molar-refractivity contribution in [3.8, 4) is 0 Å². The lowest BCUT2D eigenvalue weighted by atomic mass is 9.67. The van der Waals surface area contributed by atoms with Gasteiger partial charge in [0.1, 0.15) is 0 Å². The van der Waals surface area contributed by atoms with Crippen LogP contribution in [0.4, 0.5) is 0 Å². The number of likely N-dealkylation sites (tertiary alicyclic amines) is 1. The van der Waals surface area contributed by atoms with Gasteiger partial charge in [-0.05, 0) is 37.8 Å². The Morgan fingerprint density at radius 3 is 2.41 bits per heavy atom. The van der Waals surface area contributed by atoms with Crippen LogP contribution in [0.15, 0.2) is 30.3 Å². The number of nitrogens with one attached hydrogen (secondary N) is 1. The zero-order valence-corrected chi connectivity index (χ0v) is 13.2. The Morgan fingerprint density at radius 1 is 1.18 bits per heavy atom. The van der Waals surface area contributed by atoms with E-state index in [2.05, 4.69) is 5.32 Å². The van der Waals surface area contributed by atoms with E-state index in [0.29, 0.717) is 11.8 Å². The fourth-order valence-electron chi connectivity index (χ4n) is 3.71. The Morgan fingerprint density at radius 2 is 1.82 bits per heavy atom. The second kappa shape index (κ2) is 6.11. The molecule has 1 aliphatic heterocycles. The van der Waals surface area contributed by atoms with Crippen molar-refractivity contribution in [3.63, 3.8) is 0 Å². The summed E-state index contributed by atoms with van der Waals surface area (Å²) < 4.78 is 0. The van der Waals surface area contributed by atoms with Crippen molar-refractivity contribution < 1.29 is 9.59 Å². The third kappa shape index (κ3) is 3.01. The molecule has 4 heteroatoms. The molecule has 1 N–H and O–H groups in total. The summed E-state index contributed by atoms with van der Waals surface area (Å²) in [6.45, 7) is 3.75. The summed E-state index contributed by atoms with van der Waals surface area (Å²) in [5.41, 5.74) is 1.06. The molecule has 1 saturated heterocycles. The van der Waals surface area contributed by atoms with Gasteiger partial charge in [-0.25, -0.2) is 0 Å². The van der Waals surface area contributed by atoms with Gasteiger partial charge in [-0.1, -0.05) is 25.1 Å². The van der Waals surface area contributed by atoms with E-state index in [0.717, 1.165) is 44.3 Å². The minimum atomic E-state index is 0.0259. The highest BCUT2D eigenvalue weighted by atomic mass is 16.2. The summed E-state index contributed by atoms with van der Waals surface area (Å²) >= 11 is 0. The van der Waals surface area contributed by atoms with Gasteiger partial charge in [0.15, 0.2) is 0 Å². The minimum Gasteiger partial charge on any atom is -0.349 e. The SMILES string of the molecule is CCC(=O)N1CC2(CCC(NC(=O)c3ccccc3)CC2)C1. The second-order valence-corrected chi connectivity index (χ2v) is 6.72. The molecule has 2 amide bonds. The lowest BCUT2D eigenvalue weighted by Crippen LogP contribution is -2.60. The number of nitrogens with zero attached hydrogens (tertiary/aromatic N) is 1. The number of carbonyl (C=O) groups excluding carboxylic acids is 2. The monoisotopic (exact) mass is 300 g/mol. The van der Waals surface area contributed by atoms with E-state index in [-0.39, 0.29) is 17.9 Å². The Hall–Kier alpha value is -1.84. The summed E-state index contributed by atoms with van der Waals surface area (Å²) in [7, 11) is 0. The molecule has 1 aromatic rings. The smallest absolute Gasteiger partial charge is 0.251 e. The molecule has 1 saturated carbocycles. The summed E-state index contributed by atoms with van der Waals surface area (Å²) in [6, 6.07) is 9.66. The average molecular weight is 300 g/mol. The molecule has 118 valence electrons. The maximum atomic E-state index is 12.2. The van der Waals surface area contributed by atoms with Crippen LogP contribution in [0.25, 0.3) is 0 Å². The van der Waals surface area contributed by atoms with E-state index in [9.17, 15) is 9.59 Å². The first-order valence-electron chi connectivity index (χ1n) is 8.26. The van der Waals surface area contributed by atoms with Crippen LogP contribution in [0.3, 0.4) is 0 Å². The van der Waals surface area contributed by atoms with Crippen molar-refractivity contribution in [1.29, 1.82) is 0 Å². The molecule has 1 heterocycles. The van der Waals surface area contributed by atoms with Crippen LogP contribution >= 0.6 is 0 Å². The van der Waals surface area contributed by atoms with Gasteiger partial charge >= 0.3 is 0 Å². The average Bonchev–Trinajstić information content (AvgIpc) is 2.53.